The molecule has 0 unspecified atom stereocenters. The molecule has 4 rings (SSSR count). The van der Waals surface area contributed by atoms with Gasteiger partial charge in [0.15, 0.2) is 5.82 Å². The van der Waals surface area contributed by atoms with Gasteiger partial charge in [-0.2, -0.15) is 4.31 Å². The molecule has 0 spiro atoms. The molecule has 1 aromatic heterocycles. The fourth-order valence-corrected chi connectivity index (χ4v) is 4.90. The molecule has 3 aromatic rings. The van der Waals surface area contributed by atoms with Crippen LogP contribution in [0.3, 0.4) is 0 Å². The summed E-state index contributed by atoms with van der Waals surface area (Å²) in [7, 11) is -2.12. The molecule has 10 nitrogen and oxygen atoms in total. The van der Waals surface area contributed by atoms with Gasteiger partial charge in [0.25, 0.3) is 5.69 Å². The van der Waals surface area contributed by atoms with Gasteiger partial charge in [-0.25, -0.2) is 8.42 Å². The van der Waals surface area contributed by atoms with E-state index >= 15 is 0 Å². The standard InChI is InChI=1S/C21H21N5O5S/c1-31-18-4-2-3-16(15-18)20-9-10-21(23-22-20)24-11-13-25(14-12-24)32(29,30)19-7-5-17(6-8-19)26(27)28/h2-10,15H,11-14H2,1H3. The Morgan fingerprint density at radius 2 is 1.69 bits per heavy atom. The minimum Gasteiger partial charge on any atom is -0.497 e. The summed E-state index contributed by atoms with van der Waals surface area (Å²) in [4.78, 5) is 12.2. The van der Waals surface area contributed by atoms with E-state index in [0.29, 0.717) is 24.6 Å². The van der Waals surface area contributed by atoms with Crippen LogP contribution in [-0.2, 0) is 10.0 Å². The molecule has 166 valence electrons. The quantitative estimate of drug-likeness (QED) is 0.411. The monoisotopic (exact) mass is 455 g/mol. The van der Waals surface area contributed by atoms with E-state index in [0.717, 1.165) is 11.3 Å². The van der Waals surface area contributed by atoms with E-state index < -0.39 is 14.9 Å². The molecule has 0 radical (unpaired) electrons. The van der Waals surface area contributed by atoms with Crippen molar-refractivity contribution in [2.24, 2.45) is 0 Å². The average Bonchev–Trinajstić information content (AvgIpc) is 2.84. The van der Waals surface area contributed by atoms with Gasteiger partial charge in [0.2, 0.25) is 10.0 Å². The lowest BCUT2D eigenvalue weighted by Gasteiger charge is -2.34. The van der Waals surface area contributed by atoms with Crippen molar-refractivity contribution in [3.8, 4) is 17.0 Å². The van der Waals surface area contributed by atoms with Crippen molar-refractivity contribution in [2.75, 3.05) is 38.2 Å². The van der Waals surface area contributed by atoms with Gasteiger partial charge >= 0.3 is 0 Å². The Kier molecular flexibility index (Phi) is 6.01. The second-order valence-corrected chi connectivity index (χ2v) is 9.09. The number of nitrogens with zero attached hydrogens (tertiary/aromatic N) is 5. The Hall–Kier alpha value is -3.57. The van der Waals surface area contributed by atoms with E-state index in [1.807, 2.05) is 41.3 Å². The number of sulfonamides is 1. The average molecular weight is 455 g/mol. The molecule has 1 aliphatic rings. The Bertz CT molecular complexity index is 1210. The largest absolute Gasteiger partial charge is 0.497 e. The van der Waals surface area contributed by atoms with Crippen LogP contribution >= 0.6 is 0 Å². The highest BCUT2D eigenvalue weighted by Crippen LogP contribution is 2.25. The molecule has 2 aromatic carbocycles. The molecule has 2 heterocycles. The number of anilines is 1. The Labute approximate surface area is 185 Å². The maximum Gasteiger partial charge on any atom is 0.269 e. The zero-order valence-electron chi connectivity index (χ0n) is 17.3. The highest BCUT2D eigenvalue weighted by molar-refractivity contribution is 7.89. The van der Waals surface area contributed by atoms with Gasteiger partial charge in [0.1, 0.15) is 5.75 Å². The summed E-state index contributed by atoms with van der Waals surface area (Å²) in [5.74, 6) is 1.41. The minimum absolute atomic E-state index is 0.0407. The molecule has 0 amide bonds. The van der Waals surface area contributed by atoms with Crippen LogP contribution in [0.25, 0.3) is 11.3 Å². The number of non-ortho nitro benzene ring substituents is 1. The van der Waals surface area contributed by atoms with E-state index in [1.54, 1.807) is 7.11 Å². The first-order chi connectivity index (χ1) is 15.4. The second kappa shape index (κ2) is 8.89. The third-order valence-electron chi connectivity index (χ3n) is 5.26. The smallest absolute Gasteiger partial charge is 0.269 e. The van der Waals surface area contributed by atoms with E-state index in [2.05, 4.69) is 10.2 Å². The summed E-state index contributed by atoms with van der Waals surface area (Å²) in [6, 6.07) is 16.2. The van der Waals surface area contributed by atoms with Crippen molar-refractivity contribution < 1.29 is 18.1 Å². The van der Waals surface area contributed by atoms with Crippen LogP contribution in [0, 0.1) is 10.1 Å². The number of piperazine rings is 1. The van der Waals surface area contributed by atoms with Gasteiger partial charge in [0, 0.05) is 43.9 Å². The topological polar surface area (TPSA) is 119 Å². The third-order valence-corrected chi connectivity index (χ3v) is 7.18. The summed E-state index contributed by atoms with van der Waals surface area (Å²) in [5.41, 5.74) is 1.46. The second-order valence-electron chi connectivity index (χ2n) is 7.15. The lowest BCUT2D eigenvalue weighted by atomic mass is 10.1. The minimum atomic E-state index is -3.72. The predicted molar refractivity (Wildman–Crippen MR) is 118 cm³/mol. The molecule has 0 aliphatic carbocycles. The highest BCUT2D eigenvalue weighted by atomic mass is 32.2. The van der Waals surface area contributed by atoms with Gasteiger partial charge in [0.05, 0.1) is 22.6 Å². The van der Waals surface area contributed by atoms with Crippen LogP contribution in [0.1, 0.15) is 0 Å². The van der Waals surface area contributed by atoms with E-state index in [9.17, 15) is 18.5 Å². The molecule has 1 fully saturated rings. The van der Waals surface area contributed by atoms with Gasteiger partial charge in [-0.05, 0) is 36.4 Å². The van der Waals surface area contributed by atoms with Crippen LogP contribution in [0.4, 0.5) is 11.5 Å². The number of aromatic nitrogens is 2. The fourth-order valence-electron chi connectivity index (χ4n) is 3.48. The lowest BCUT2D eigenvalue weighted by Crippen LogP contribution is -2.48. The summed E-state index contributed by atoms with van der Waals surface area (Å²) < 4.78 is 32.3. The number of methoxy groups -OCH3 is 1. The molecule has 0 N–H and O–H groups in total. The van der Waals surface area contributed by atoms with Gasteiger partial charge in [-0.15, -0.1) is 10.2 Å². The van der Waals surface area contributed by atoms with Crippen LogP contribution in [0.5, 0.6) is 5.75 Å². The van der Waals surface area contributed by atoms with Gasteiger partial charge in [-0.1, -0.05) is 12.1 Å². The molecule has 1 saturated heterocycles. The summed E-state index contributed by atoms with van der Waals surface area (Å²) in [6.07, 6.45) is 0. The molecule has 0 atom stereocenters. The molecule has 11 heteroatoms. The molecular formula is C21H21N5O5S. The maximum atomic E-state index is 12.9. The first-order valence-corrected chi connectivity index (χ1v) is 11.3. The molecule has 1 aliphatic heterocycles. The van der Waals surface area contributed by atoms with E-state index in [1.165, 1.54) is 28.6 Å². The van der Waals surface area contributed by atoms with Crippen molar-refractivity contribution in [1.29, 1.82) is 0 Å². The first-order valence-electron chi connectivity index (χ1n) is 9.86. The highest BCUT2D eigenvalue weighted by Gasteiger charge is 2.29. The summed E-state index contributed by atoms with van der Waals surface area (Å²) in [6.45, 7) is 1.47. The zero-order chi connectivity index (χ0) is 22.7. The predicted octanol–water partition coefficient (Wildman–Crippen LogP) is 2.57. The Balaban J connectivity index is 1.42. The number of hydrogen-bond donors (Lipinski definition) is 0. The maximum absolute atomic E-state index is 12.9. The van der Waals surface area contributed by atoms with Crippen molar-refractivity contribution in [2.45, 2.75) is 4.90 Å². The number of rotatable bonds is 6. The number of benzene rings is 2. The lowest BCUT2D eigenvalue weighted by molar-refractivity contribution is -0.384. The zero-order valence-corrected chi connectivity index (χ0v) is 18.1. The fraction of sp³-hybridized carbons (Fsp3) is 0.238. The van der Waals surface area contributed by atoms with Crippen molar-refractivity contribution in [3.05, 3.63) is 70.8 Å². The number of nitro groups is 1. The number of nitro benzene ring substituents is 1. The van der Waals surface area contributed by atoms with Crippen molar-refractivity contribution in [3.63, 3.8) is 0 Å². The number of hydrogen-bond acceptors (Lipinski definition) is 8. The van der Waals surface area contributed by atoms with Crippen molar-refractivity contribution >= 4 is 21.5 Å². The first kappa shape index (κ1) is 21.7. The normalized spacial score (nSPS) is 14.8. The number of ether oxygens (including phenoxy) is 1. The third kappa shape index (κ3) is 4.39. The summed E-state index contributed by atoms with van der Waals surface area (Å²) in [5, 5.41) is 19.4. The van der Waals surface area contributed by atoms with Crippen LogP contribution < -0.4 is 9.64 Å². The molecular weight excluding hydrogens is 434 g/mol. The van der Waals surface area contributed by atoms with E-state index in [4.69, 9.17) is 4.74 Å². The van der Waals surface area contributed by atoms with Gasteiger partial charge in [-0.3, -0.25) is 10.1 Å². The van der Waals surface area contributed by atoms with Crippen LogP contribution in [0.15, 0.2) is 65.6 Å². The SMILES string of the molecule is COc1cccc(-c2ccc(N3CCN(S(=O)(=O)c4ccc([N+](=O)[O-])cc4)CC3)nn2)c1. The molecule has 0 bridgehead atoms. The molecule has 0 saturated carbocycles. The van der Waals surface area contributed by atoms with Crippen LogP contribution in [0.2, 0.25) is 0 Å². The van der Waals surface area contributed by atoms with Crippen LogP contribution in [-0.4, -0.2) is 61.1 Å². The Morgan fingerprint density at radius 1 is 0.969 bits per heavy atom. The summed E-state index contributed by atoms with van der Waals surface area (Å²) >= 11 is 0. The Morgan fingerprint density at radius 3 is 2.28 bits per heavy atom. The van der Waals surface area contributed by atoms with Gasteiger partial charge < -0.3 is 9.64 Å². The van der Waals surface area contributed by atoms with Crippen molar-refractivity contribution in [1.82, 2.24) is 14.5 Å². The van der Waals surface area contributed by atoms with E-state index in [-0.39, 0.29) is 23.7 Å². The molecule has 32 heavy (non-hydrogen) atoms.